The van der Waals surface area contributed by atoms with Crippen molar-refractivity contribution in [3.05, 3.63) is 59.1 Å². The zero-order valence-corrected chi connectivity index (χ0v) is 14.2. The van der Waals surface area contributed by atoms with Gasteiger partial charge in [-0.1, -0.05) is 48.4 Å². The molecule has 0 radical (unpaired) electrons. The number of anilines is 2. The van der Waals surface area contributed by atoms with E-state index in [0.717, 1.165) is 24.8 Å². The Bertz CT molecular complexity index is 770. The van der Waals surface area contributed by atoms with E-state index < -0.39 is 5.41 Å². The number of carbonyl (C=O) groups is 2. The maximum Gasteiger partial charge on any atom is 0.235 e. The number of hydrogen-bond acceptors (Lipinski definition) is 2. The molecule has 0 spiro atoms. The Morgan fingerprint density at radius 3 is 2.33 bits per heavy atom. The predicted molar refractivity (Wildman–Crippen MR) is 96.4 cm³/mol. The predicted octanol–water partition coefficient (Wildman–Crippen LogP) is 4.36. The largest absolute Gasteiger partial charge is 0.325 e. The summed E-state index contributed by atoms with van der Waals surface area (Å²) < 4.78 is 0. The van der Waals surface area contributed by atoms with Gasteiger partial charge in [-0.15, -0.1) is 0 Å². The topological polar surface area (TPSA) is 58.2 Å². The minimum atomic E-state index is -0.463. The van der Waals surface area contributed by atoms with Crippen molar-refractivity contribution in [2.75, 3.05) is 10.6 Å². The first-order valence-corrected chi connectivity index (χ1v) is 8.33. The second-order valence-electron chi connectivity index (χ2n) is 6.13. The van der Waals surface area contributed by atoms with Crippen molar-refractivity contribution in [2.45, 2.75) is 31.6 Å². The molecule has 2 N–H and O–H groups in total. The Kier molecular flexibility index (Phi) is 4.58. The lowest BCUT2D eigenvalue weighted by Crippen LogP contribution is -2.45. The smallest absolute Gasteiger partial charge is 0.235 e. The van der Waals surface area contributed by atoms with Crippen LogP contribution in [0.2, 0.25) is 5.02 Å². The molecule has 0 aromatic heterocycles. The zero-order chi connectivity index (χ0) is 17.2. The molecule has 0 atom stereocenters. The third-order valence-electron chi connectivity index (χ3n) is 4.50. The van der Waals surface area contributed by atoms with Gasteiger partial charge in [-0.3, -0.25) is 9.59 Å². The van der Waals surface area contributed by atoms with Crippen molar-refractivity contribution in [3.8, 4) is 0 Å². The molecule has 5 heteroatoms. The van der Waals surface area contributed by atoms with Crippen molar-refractivity contribution >= 4 is 34.8 Å². The zero-order valence-electron chi connectivity index (χ0n) is 13.4. The van der Waals surface area contributed by atoms with Crippen LogP contribution in [-0.2, 0) is 15.0 Å². The standard InChI is InChI=1S/C19H19ClN2O2/c1-13(23)21-17-12-15(8-9-16(17)20)22-18(24)19(10-5-11-19)14-6-3-2-4-7-14/h2-4,6-9,12H,5,10-11H2,1H3,(H,21,23)(H,22,24). The fraction of sp³-hybridized carbons (Fsp3) is 0.263. The van der Waals surface area contributed by atoms with Gasteiger partial charge in [-0.25, -0.2) is 0 Å². The number of halogens is 1. The Morgan fingerprint density at radius 2 is 1.75 bits per heavy atom. The van der Waals surface area contributed by atoms with Gasteiger partial charge in [-0.05, 0) is 36.6 Å². The SMILES string of the molecule is CC(=O)Nc1cc(NC(=O)C2(c3ccccc3)CCC2)ccc1Cl. The number of amides is 2. The number of rotatable bonds is 4. The lowest BCUT2D eigenvalue weighted by molar-refractivity contribution is -0.124. The molecular formula is C19H19ClN2O2. The second kappa shape index (κ2) is 6.65. The summed E-state index contributed by atoms with van der Waals surface area (Å²) in [4.78, 5) is 24.1. The summed E-state index contributed by atoms with van der Waals surface area (Å²) in [6.45, 7) is 1.42. The average molecular weight is 343 g/mol. The van der Waals surface area contributed by atoms with Gasteiger partial charge in [0.2, 0.25) is 11.8 Å². The van der Waals surface area contributed by atoms with Crippen molar-refractivity contribution < 1.29 is 9.59 Å². The van der Waals surface area contributed by atoms with Crippen LogP contribution in [0.15, 0.2) is 48.5 Å². The van der Waals surface area contributed by atoms with E-state index in [0.29, 0.717) is 16.4 Å². The van der Waals surface area contributed by atoms with Crippen LogP contribution in [0.4, 0.5) is 11.4 Å². The molecule has 2 aromatic rings. The molecule has 1 saturated carbocycles. The van der Waals surface area contributed by atoms with Gasteiger partial charge < -0.3 is 10.6 Å². The molecule has 1 aliphatic carbocycles. The van der Waals surface area contributed by atoms with E-state index in [1.807, 2.05) is 30.3 Å². The van der Waals surface area contributed by atoms with Gasteiger partial charge in [-0.2, -0.15) is 0 Å². The molecular weight excluding hydrogens is 324 g/mol. The van der Waals surface area contributed by atoms with Crippen LogP contribution in [0.1, 0.15) is 31.7 Å². The summed E-state index contributed by atoms with van der Waals surface area (Å²) in [6.07, 6.45) is 2.73. The fourth-order valence-corrected chi connectivity index (χ4v) is 3.24. The summed E-state index contributed by atoms with van der Waals surface area (Å²) in [5.74, 6) is -0.226. The summed E-state index contributed by atoms with van der Waals surface area (Å²) in [7, 11) is 0. The number of carbonyl (C=O) groups excluding carboxylic acids is 2. The van der Waals surface area contributed by atoms with Crippen LogP contribution in [0, 0.1) is 0 Å². The van der Waals surface area contributed by atoms with Crippen molar-refractivity contribution in [3.63, 3.8) is 0 Å². The van der Waals surface area contributed by atoms with Crippen LogP contribution in [0.3, 0.4) is 0 Å². The highest BCUT2D eigenvalue weighted by molar-refractivity contribution is 6.33. The van der Waals surface area contributed by atoms with E-state index in [9.17, 15) is 9.59 Å². The molecule has 3 rings (SSSR count). The van der Waals surface area contributed by atoms with Crippen LogP contribution in [-0.4, -0.2) is 11.8 Å². The molecule has 0 bridgehead atoms. The van der Waals surface area contributed by atoms with Gasteiger partial charge in [0.1, 0.15) is 0 Å². The number of nitrogens with one attached hydrogen (secondary N) is 2. The van der Waals surface area contributed by atoms with E-state index in [2.05, 4.69) is 10.6 Å². The van der Waals surface area contributed by atoms with Crippen LogP contribution >= 0.6 is 11.6 Å². The maximum atomic E-state index is 12.9. The molecule has 0 aliphatic heterocycles. The minimum absolute atomic E-state index is 0.0175. The summed E-state index contributed by atoms with van der Waals surface area (Å²) in [6, 6.07) is 15.0. The molecule has 0 heterocycles. The highest BCUT2D eigenvalue weighted by Gasteiger charge is 2.45. The molecule has 0 saturated heterocycles. The van der Waals surface area contributed by atoms with E-state index in [4.69, 9.17) is 11.6 Å². The fourth-order valence-electron chi connectivity index (χ4n) is 3.07. The molecule has 1 fully saturated rings. The maximum absolute atomic E-state index is 12.9. The van der Waals surface area contributed by atoms with Crippen molar-refractivity contribution in [1.82, 2.24) is 0 Å². The first-order valence-electron chi connectivity index (χ1n) is 7.95. The molecule has 24 heavy (non-hydrogen) atoms. The van der Waals surface area contributed by atoms with Crippen LogP contribution in [0.25, 0.3) is 0 Å². The Labute approximate surface area is 146 Å². The molecule has 2 aromatic carbocycles. The summed E-state index contributed by atoms with van der Waals surface area (Å²) >= 11 is 6.07. The van der Waals surface area contributed by atoms with Crippen LogP contribution < -0.4 is 10.6 Å². The second-order valence-corrected chi connectivity index (χ2v) is 6.54. The Morgan fingerprint density at radius 1 is 1.04 bits per heavy atom. The lowest BCUT2D eigenvalue weighted by atomic mass is 9.64. The van der Waals surface area contributed by atoms with Crippen molar-refractivity contribution in [2.24, 2.45) is 0 Å². The third-order valence-corrected chi connectivity index (χ3v) is 4.83. The highest BCUT2D eigenvalue weighted by Crippen LogP contribution is 2.44. The first kappa shape index (κ1) is 16.5. The quantitative estimate of drug-likeness (QED) is 0.867. The molecule has 4 nitrogen and oxygen atoms in total. The molecule has 1 aliphatic rings. The van der Waals surface area contributed by atoms with Crippen molar-refractivity contribution in [1.29, 1.82) is 0 Å². The van der Waals surface area contributed by atoms with Gasteiger partial charge >= 0.3 is 0 Å². The minimum Gasteiger partial charge on any atom is -0.325 e. The van der Waals surface area contributed by atoms with Gasteiger partial charge in [0.15, 0.2) is 0 Å². The Hall–Kier alpha value is -2.33. The molecule has 2 amide bonds. The average Bonchev–Trinajstić information content (AvgIpc) is 2.50. The van der Waals surface area contributed by atoms with Gasteiger partial charge in [0, 0.05) is 12.6 Å². The van der Waals surface area contributed by atoms with E-state index in [1.54, 1.807) is 18.2 Å². The van der Waals surface area contributed by atoms with Gasteiger partial charge in [0.25, 0.3) is 0 Å². The molecule has 0 unspecified atom stereocenters. The number of benzene rings is 2. The van der Waals surface area contributed by atoms with Gasteiger partial charge in [0.05, 0.1) is 16.1 Å². The van der Waals surface area contributed by atoms with E-state index in [1.165, 1.54) is 6.92 Å². The van der Waals surface area contributed by atoms with E-state index >= 15 is 0 Å². The normalized spacial score (nSPS) is 15.2. The van der Waals surface area contributed by atoms with Crippen LogP contribution in [0.5, 0.6) is 0 Å². The first-order chi connectivity index (χ1) is 11.5. The highest BCUT2D eigenvalue weighted by atomic mass is 35.5. The van der Waals surface area contributed by atoms with E-state index in [-0.39, 0.29) is 11.8 Å². The lowest BCUT2D eigenvalue weighted by Gasteiger charge is -2.40. The third kappa shape index (κ3) is 3.15. The molecule has 124 valence electrons. The summed E-state index contributed by atoms with van der Waals surface area (Å²) in [5, 5.41) is 6.07. The monoisotopic (exact) mass is 342 g/mol. The Balaban J connectivity index is 1.83. The summed E-state index contributed by atoms with van der Waals surface area (Å²) in [5.41, 5.74) is 1.69. The number of hydrogen-bond donors (Lipinski definition) is 2.